The van der Waals surface area contributed by atoms with Gasteiger partial charge in [0.05, 0.1) is 0 Å². The lowest BCUT2D eigenvalue weighted by Gasteiger charge is -2.17. The molecule has 0 amide bonds. The van der Waals surface area contributed by atoms with E-state index >= 15 is 0 Å². The summed E-state index contributed by atoms with van der Waals surface area (Å²) >= 11 is 12.2. The predicted molar refractivity (Wildman–Crippen MR) is 86.7 cm³/mol. The maximum atomic E-state index is 6.25. The minimum absolute atomic E-state index is 0.330. The average molecular weight is 311 g/mol. The van der Waals surface area contributed by atoms with Crippen molar-refractivity contribution in [2.75, 3.05) is 6.54 Å². The molecule has 2 rings (SSSR count). The van der Waals surface area contributed by atoms with Crippen molar-refractivity contribution < 1.29 is 0 Å². The third-order valence-electron chi connectivity index (χ3n) is 3.36. The zero-order valence-electron chi connectivity index (χ0n) is 11.9. The van der Waals surface area contributed by atoms with Crippen LogP contribution >= 0.6 is 23.2 Å². The fourth-order valence-corrected chi connectivity index (χ4v) is 2.73. The van der Waals surface area contributed by atoms with E-state index in [1.807, 2.05) is 12.1 Å². The van der Waals surface area contributed by atoms with Crippen molar-refractivity contribution in [1.29, 1.82) is 0 Å². The van der Waals surface area contributed by atoms with Crippen molar-refractivity contribution in [3.8, 4) is 0 Å². The SMILES string of the molecule is CCCNC(C)c1cccn1Cc1ccc(Cl)cc1Cl. The number of aromatic nitrogens is 1. The molecule has 20 heavy (non-hydrogen) atoms. The van der Waals surface area contributed by atoms with E-state index in [1.165, 1.54) is 5.69 Å². The van der Waals surface area contributed by atoms with Crippen LogP contribution in [0.5, 0.6) is 0 Å². The van der Waals surface area contributed by atoms with Crippen molar-refractivity contribution in [3.05, 3.63) is 57.8 Å². The Bertz CT molecular complexity index is 563. The van der Waals surface area contributed by atoms with E-state index in [2.05, 4.69) is 42.1 Å². The van der Waals surface area contributed by atoms with Crippen LogP contribution in [0.4, 0.5) is 0 Å². The van der Waals surface area contributed by atoms with Gasteiger partial charge < -0.3 is 9.88 Å². The number of hydrogen-bond donors (Lipinski definition) is 1. The van der Waals surface area contributed by atoms with Gasteiger partial charge in [-0.3, -0.25) is 0 Å². The lowest BCUT2D eigenvalue weighted by Crippen LogP contribution is -2.22. The molecule has 0 saturated carbocycles. The van der Waals surface area contributed by atoms with Crippen LogP contribution in [0.2, 0.25) is 10.0 Å². The predicted octanol–water partition coefficient (Wildman–Crippen LogP) is 4.90. The van der Waals surface area contributed by atoms with Gasteiger partial charge in [-0.25, -0.2) is 0 Å². The van der Waals surface area contributed by atoms with Crippen molar-refractivity contribution in [2.24, 2.45) is 0 Å². The fourth-order valence-electron chi connectivity index (χ4n) is 2.26. The lowest BCUT2D eigenvalue weighted by atomic mass is 10.2. The summed E-state index contributed by atoms with van der Waals surface area (Å²) in [6.07, 6.45) is 3.22. The van der Waals surface area contributed by atoms with E-state index in [0.717, 1.165) is 25.1 Å². The second-order valence-corrected chi connectivity index (χ2v) is 5.82. The van der Waals surface area contributed by atoms with Crippen molar-refractivity contribution in [1.82, 2.24) is 9.88 Å². The Morgan fingerprint density at radius 2 is 2.05 bits per heavy atom. The second-order valence-electron chi connectivity index (χ2n) is 4.97. The quantitative estimate of drug-likeness (QED) is 0.802. The minimum Gasteiger partial charge on any atom is -0.346 e. The van der Waals surface area contributed by atoms with Gasteiger partial charge in [0.2, 0.25) is 0 Å². The van der Waals surface area contributed by atoms with Gasteiger partial charge in [0.25, 0.3) is 0 Å². The highest BCUT2D eigenvalue weighted by atomic mass is 35.5. The third kappa shape index (κ3) is 3.78. The fraction of sp³-hybridized carbons (Fsp3) is 0.375. The molecular formula is C16H20Cl2N2. The first-order valence-corrected chi connectivity index (χ1v) is 7.69. The summed E-state index contributed by atoms with van der Waals surface area (Å²) in [5, 5.41) is 4.89. The summed E-state index contributed by atoms with van der Waals surface area (Å²) in [7, 11) is 0. The molecule has 1 atom stereocenters. The summed E-state index contributed by atoms with van der Waals surface area (Å²) in [6.45, 7) is 6.14. The molecule has 2 nitrogen and oxygen atoms in total. The molecule has 0 fully saturated rings. The van der Waals surface area contributed by atoms with Gasteiger partial charge in [0.1, 0.15) is 0 Å². The van der Waals surface area contributed by atoms with E-state index in [4.69, 9.17) is 23.2 Å². The summed E-state index contributed by atoms with van der Waals surface area (Å²) in [4.78, 5) is 0. The average Bonchev–Trinajstić information content (AvgIpc) is 2.87. The minimum atomic E-state index is 0.330. The zero-order chi connectivity index (χ0) is 14.5. The van der Waals surface area contributed by atoms with Gasteiger partial charge in [-0.15, -0.1) is 0 Å². The molecule has 2 aromatic rings. The number of benzene rings is 1. The molecule has 1 aromatic carbocycles. The normalized spacial score (nSPS) is 12.6. The number of nitrogens with zero attached hydrogens (tertiary/aromatic N) is 1. The first kappa shape index (κ1) is 15.4. The summed E-state index contributed by atoms with van der Waals surface area (Å²) in [6, 6.07) is 10.2. The van der Waals surface area contributed by atoms with Crippen LogP contribution < -0.4 is 5.32 Å². The van der Waals surface area contributed by atoms with Gasteiger partial charge in [0, 0.05) is 34.5 Å². The summed E-state index contributed by atoms with van der Waals surface area (Å²) < 4.78 is 2.22. The Balaban J connectivity index is 2.16. The molecule has 0 spiro atoms. The highest BCUT2D eigenvalue weighted by Crippen LogP contribution is 2.23. The van der Waals surface area contributed by atoms with Crippen LogP contribution in [0.25, 0.3) is 0 Å². The molecule has 1 aromatic heterocycles. The largest absolute Gasteiger partial charge is 0.346 e. The highest BCUT2D eigenvalue weighted by molar-refractivity contribution is 6.35. The van der Waals surface area contributed by atoms with Crippen LogP contribution in [-0.2, 0) is 6.54 Å². The maximum absolute atomic E-state index is 6.25. The maximum Gasteiger partial charge on any atom is 0.0488 e. The van der Waals surface area contributed by atoms with Crippen molar-refractivity contribution >= 4 is 23.2 Å². The first-order valence-electron chi connectivity index (χ1n) is 6.94. The molecular weight excluding hydrogens is 291 g/mol. The molecule has 0 aliphatic rings. The molecule has 0 radical (unpaired) electrons. The molecule has 1 unspecified atom stereocenters. The molecule has 1 heterocycles. The van der Waals surface area contributed by atoms with Crippen LogP contribution in [0.15, 0.2) is 36.5 Å². The summed E-state index contributed by atoms with van der Waals surface area (Å²) in [5.41, 5.74) is 2.35. The molecule has 0 aliphatic carbocycles. The zero-order valence-corrected chi connectivity index (χ0v) is 13.4. The van der Waals surface area contributed by atoms with Crippen LogP contribution in [0.1, 0.15) is 37.6 Å². The van der Waals surface area contributed by atoms with Gasteiger partial charge in [-0.1, -0.05) is 36.2 Å². The summed E-state index contributed by atoms with van der Waals surface area (Å²) in [5.74, 6) is 0. The van der Waals surface area contributed by atoms with E-state index < -0.39 is 0 Å². The first-order chi connectivity index (χ1) is 9.61. The van der Waals surface area contributed by atoms with E-state index in [9.17, 15) is 0 Å². The van der Waals surface area contributed by atoms with Crippen molar-refractivity contribution in [3.63, 3.8) is 0 Å². The Kier molecular flexibility index (Phi) is 5.53. The Hall–Kier alpha value is -0.960. The van der Waals surface area contributed by atoms with Crippen LogP contribution in [0, 0.1) is 0 Å². The van der Waals surface area contributed by atoms with E-state index in [-0.39, 0.29) is 0 Å². The van der Waals surface area contributed by atoms with Crippen LogP contribution in [0.3, 0.4) is 0 Å². The van der Waals surface area contributed by atoms with Gasteiger partial charge in [0.15, 0.2) is 0 Å². The van der Waals surface area contributed by atoms with E-state index in [1.54, 1.807) is 6.07 Å². The highest BCUT2D eigenvalue weighted by Gasteiger charge is 2.10. The van der Waals surface area contributed by atoms with Gasteiger partial charge in [-0.2, -0.15) is 0 Å². The molecule has 1 N–H and O–H groups in total. The second kappa shape index (κ2) is 7.16. The molecule has 0 aliphatic heterocycles. The monoisotopic (exact) mass is 310 g/mol. The van der Waals surface area contributed by atoms with E-state index in [0.29, 0.717) is 16.1 Å². The number of hydrogen-bond acceptors (Lipinski definition) is 1. The topological polar surface area (TPSA) is 17.0 Å². The standard InChI is InChI=1S/C16H20Cl2N2/c1-3-8-19-12(2)16-5-4-9-20(16)11-13-6-7-14(17)10-15(13)18/h4-7,9-10,12,19H,3,8,11H2,1-2H3. The Labute approximate surface area is 130 Å². The number of halogens is 2. The smallest absolute Gasteiger partial charge is 0.0488 e. The Morgan fingerprint density at radius 1 is 1.25 bits per heavy atom. The molecule has 0 saturated heterocycles. The van der Waals surface area contributed by atoms with Crippen molar-refractivity contribution in [2.45, 2.75) is 32.9 Å². The molecule has 108 valence electrons. The molecule has 4 heteroatoms. The third-order valence-corrected chi connectivity index (χ3v) is 3.95. The van der Waals surface area contributed by atoms with Gasteiger partial charge in [-0.05, 0) is 49.7 Å². The number of rotatable bonds is 6. The number of nitrogens with one attached hydrogen (secondary N) is 1. The molecule has 0 bridgehead atoms. The van der Waals surface area contributed by atoms with Crippen LogP contribution in [-0.4, -0.2) is 11.1 Å². The lowest BCUT2D eigenvalue weighted by molar-refractivity contribution is 0.534. The Morgan fingerprint density at radius 3 is 2.75 bits per heavy atom. The van der Waals surface area contributed by atoms with Gasteiger partial charge >= 0.3 is 0 Å².